The van der Waals surface area contributed by atoms with Crippen molar-refractivity contribution >= 4 is 0 Å². The molecule has 2 aliphatic heterocycles. The van der Waals surface area contributed by atoms with Gasteiger partial charge in [0.2, 0.25) is 0 Å². The predicted molar refractivity (Wildman–Crippen MR) is 96.1 cm³/mol. The first kappa shape index (κ1) is 16.8. The van der Waals surface area contributed by atoms with Gasteiger partial charge < -0.3 is 9.84 Å². The number of hydrogen-bond donors (Lipinski definition) is 1. The Bertz CT molecular complexity index is 673. The van der Waals surface area contributed by atoms with Crippen molar-refractivity contribution in [2.24, 2.45) is 5.92 Å². The smallest absolute Gasteiger partial charge is 0.0659 e. The van der Waals surface area contributed by atoms with Gasteiger partial charge in [0.15, 0.2) is 0 Å². The molecule has 2 saturated heterocycles. The first-order chi connectivity index (χ1) is 12.3. The lowest BCUT2D eigenvalue weighted by Gasteiger charge is -2.36. The zero-order chi connectivity index (χ0) is 17.1. The summed E-state index contributed by atoms with van der Waals surface area (Å²) in [6, 6.07) is 10.8. The molecule has 5 heteroatoms. The van der Waals surface area contributed by atoms with Gasteiger partial charge in [0.25, 0.3) is 0 Å². The molecule has 2 fully saturated rings. The summed E-state index contributed by atoms with van der Waals surface area (Å²) in [4.78, 5) is 2.51. The van der Waals surface area contributed by atoms with Gasteiger partial charge in [-0.2, -0.15) is 5.10 Å². The molecule has 1 aromatic heterocycles. The summed E-state index contributed by atoms with van der Waals surface area (Å²) in [6.07, 6.45) is 7.03. The minimum atomic E-state index is -0.222. The predicted octanol–water partition coefficient (Wildman–Crippen LogP) is 2.29. The van der Waals surface area contributed by atoms with Crippen LogP contribution in [0.3, 0.4) is 0 Å². The number of benzene rings is 1. The molecule has 1 aromatic carbocycles. The number of aliphatic hydroxyl groups is 1. The monoisotopic (exact) mass is 341 g/mol. The van der Waals surface area contributed by atoms with Gasteiger partial charge in [0.1, 0.15) is 0 Å². The molecular formula is C20H27N3O2. The van der Waals surface area contributed by atoms with E-state index in [2.05, 4.69) is 40.5 Å². The number of ether oxygens (including phenoxy) is 1. The summed E-state index contributed by atoms with van der Waals surface area (Å²) in [5.41, 5.74) is 2.51. The first-order valence-corrected chi connectivity index (χ1v) is 9.35. The van der Waals surface area contributed by atoms with E-state index in [1.807, 2.05) is 16.9 Å². The van der Waals surface area contributed by atoms with Crippen LogP contribution in [0.5, 0.6) is 0 Å². The van der Waals surface area contributed by atoms with Crippen LogP contribution in [0, 0.1) is 5.92 Å². The van der Waals surface area contributed by atoms with Crippen LogP contribution in [0.1, 0.15) is 30.4 Å². The lowest BCUT2D eigenvalue weighted by atomic mass is 9.89. The van der Waals surface area contributed by atoms with Gasteiger partial charge in [0, 0.05) is 36.9 Å². The molecular weight excluding hydrogens is 314 g/mol. The van der Waals surface area contributed by atoms with Crippen LogP contribution in [0.2, 0.25) is 0 Å². The van der Waals surface area contributed by atoms with E-state index in [1.165, 1.54) is 17.5 Å². The van der Waals surface area contributed by atoms with Crippen LogP contribution in [-0.4, -0.2) is 51.7 Å². The summed E-state index contributed by atoms with van der Waals surface area (Å²) in [7, 11) is 0. The third-order valence-corrected chi connectivity index (χ3v) is 5.53. The van der Waals surface area contributed by atoms with Crippen LogP contribution in [0.25, 0.3) is 0 Å². The van der Waals surface area contributed by atoms with Crippen molar-refractivity contribution in [2.75, 3.05) is 19.8 Å². The molecule has 4 rings (SSSR count). The number of likely N-dealkylation sites (tertiary alicyclic amines) is 1. The van der Waals surface area contributed by atoms with E-state index in [9.17, 15) is 5.11 Å². The van der Waals surface area contributed by atoms with E-state index in [0.717, 1.165) is 32.5 Å². The van der Waals surface area contributed by atoms with Crippen molar-refractivity contribution in [1.82, 2.24) is 14.7 Å². The summed E-state index contributed by atoms with van der Waals surface area (Å²) < 4.78 is 7.64. The number of hydrogen-bond acceptors (Lipinski definition) is 4. The Kier molecular flexibility index (Phi) is 5.15. The molecule has 0 bridgehead atoms. The Morgan fingerprint density at radius 2 is 2.00 bits per heavy atom. The molecule has 0 spiro atoms. The highest BCUT2D eigenvalue weighted by Crippen LogP contribution is 2.30. The molecule has 2 aliphatic rings. The SMILES string of the molecule is O[C@@H]1CCOC[C@@H]1[C@@H]1CCCN1Cc1cnn(Cc2ccccc2)c1. The average molecular weight is 341 g/mol. The summed E-state index contributed by atoms with van der Waals surface area (Å²) >= 11 is 0. The van der Waals surface area contributed by atoms with E-state index in [4.69, 9.17) is 4.74 Å². The highest BCUT2D eigenvalue weighted by atomic mass is 16.5. The second-order valence-corrected chi connectivity index (χ2v) is 7.31. The second-order valence-electron chi connectivity index (χ2n) is 7.31. The molecule has 3 atom stereocenters. The molecule has 1 N–H and O–H groups in total. The second kappa shape index (κ2) is 7.68. The molecule has 0 radical (unpaired) electrons. The van der Waals surface area contributed by atoms with E-state index in [-0.39, 0.29) is 12.0 Å². The molecule has 2 aromatic rings. The molecule has 3 heterocycles. The lowest BCUT2D eigenvalue weighted by molar-refractivity contribution is -0.0636. The molecule has 0 aliphatic carbocycles. The number of rotatable bonds is 5. The maximum absolute atomic E-state index is 10.4. The Balaban J connectivity index is 1.39. The largest absolute Gasteiger partial charge is 0.393 e. The van der Waals surface area contributed by atoms with E-state index in [1.54, 1.807) is 0 Å². The average Bonchev–Trinajstić information content (AvgIpc) is 3.26. The maximum atomic E-state index is 10.4. The zero-order valence-corrected chi connectivity index (χ0v) is 14.6. The van der Waals surface area contributed by atoms with Gasteiger partial charge in [-0.1, -0.05) is 30.3 Å². The summed E-state index contributed by atoms with van der Waals surface area (Å²) in [6.45, 7) is 4.19. The van der Waals surface area contributed by atoms with Gasteiger partial charge in [-0.15, -0.1) is 0 Å². The minimum Gasteiger partial charge on any atom is -0.393 e. The highest BCUT2D eigenvalue weighted by Gasteiger charge is 2.37. The topological polar surface area (TPSA) is 50.5 Å². The fourth-order valence-electron chi connectivity index (χ4n) is 4.23. The van der Waals surface area contributed by atoms with Crippen LogP contribution < -0.4 is 0 Å². The molecule has 5 nitrogen and oxygen atoms in total. The van der Waals surface area contributed by atoms with Crippen molar-refractivity contribution in [3.63, 3.8) is 0 Å². The Morgan fingerprint density at radius 1 is 1.12 bits per heavy atom. The molecule has 134 valence electrons. The molecule has 0 amide bonds. The number of aromatic nitrogens is 2. The summed E-state index contributed by atoms with van der Waals surface area (Å²) in [5.74, 6) is 0.246. The van der Waals surface area contributed by atoms with Crippen molar-refractivity contribution in [2.45, 2.75) is 44.5 Å². The van der Waals surface area contributed by atoms with E-state index >= 15 is 0 Å². The number of nitrogens with zero attached hydrogens (tertiary/aromatic N) is 3. The first-order valence-electron chi connectivity index (χ1n) is 9.35. The molecule has 0 unspecified atom stereocenters. The fraction of sp³-hybridized carbons (Fsp3) is 0.550. The Morgan fingerprint density at radius 3 is 2.84 bits per heavy atom. The zero-order valence-electron chi connectivity index (χ0n) is 14.6. The van der Waals surface area contributed by atoms with E-state index in [0.29, 0.717) is 19.3 Å². The fourth-order valence-corrected chi connectivity index (χ4v) is 4.23. The Labute approximate surface area is 149 Å². The third-order valence-electron chi connectivity index (χ3n) is 5.53. The normalized spacial score (nSPS) is 27.6. The lowest BCUT2D eigenvalue weighted by Crippen LogP contribution is -2.45. The quantitative estimate of drug-likeness (QED) is 0.907. The van der Waals surface area contributed by atoms with Gasteiger partial charge in [0.05, 0.1) is 25.5 Å². The molecule has 0 saturated carbocycles. The van der Waals surface area contributed by atoms with Gasteiger partial charge >= 0.3 is 0 Å². The van der Waals surface area contributed by atoms with Crippen molar-refractivity contribution in [3.05, 3.63) is 53.9 Å². The van der Waals surface area contributed by atoms with Crippen LogP contribution >= 0.6 is 0 Å². The van der Waals surface area contributed by atoms with Gasteiger partial charge in [-0.05, 0) is 31.4 Å². The molecule has 25 heavy (non-hydrogen) atoms. The van der Waals surface area contributed by atoms with Gasteiger partial charge in [-0.25, -0.2) is 0 Å². The van der Waals surface area contributed by atoms with Crippen molar-refractivity contribution in [1.29, 1.82) is 0 Å². The third kappa shape index (κ3) is 3.94. The maximum Gasteiger partial charge on any atom is 0.0659 e. The minimum absolute atomic E-state index is 0.222. The van der Waals surface area contributed by atoms with Crippen molar-refractivity contribution in [3.8, 4) is 0 Å². The standard InChI is InChI=1S/C20H27N3O2/c24-20-8-10-25-15-18(20)19-7-4-9-22(19)12-17-11-21-23(14-17)13-16-5-2-1-3-6-16/h1-3,5-6,11,14,18-20,24H,4,7-10,12-13,15H2/t18-,19+,20-/m1/s1. The highest BCUT2D eigenvalue weighted by molar-refractivity contribution is 5.15. The van der Waals surface area contributed by atoms with Gasteiger partial charge in [-0.3, -0.25) is 9.58 Å². The van der Waals surface area contributed by atoms with Crippen LogP contribution in [-0.2, 0) is 17.8 Å². The van der Waals surface area contributed by atoms with E-state index < -0.39 is 0 Å². The Hall–Kier alpha value is -1.69. The number of aliphatic hydroxyl groups excluding tert-OH is 1. The van der Waals surface area contributed by atoms with Crippen LogP contribution in [0.4, 0.5) is 0 Å². The van der Waals surface area contributed by atoms with Crippen LogP contribution in [0.15, 0.2) is 42.7 Å². The van der Waals surface area contributed by atoms with Crippen molar-refractivity contribution < 1.29 is 9.84 Å². The summed E-state index contributed by atoms with van der Waals surface area (Å²) in [5, 5.41) is 14.9.